The van der Waals surface area contributed by atoms with E-state index in [1.54, 1.807) is 24.4 Å². The van der Waals surface area contributed by atoms with Gasteiger partial charge >= 0.3 is 0 Å². The summed E-state index contributed by atoms with van der Waals surface area (Å²) in [6, 6.07) is 6.61. The molecule has 0 aliphatic carbocycles. The van der Waals surface area contributed by atoms with E-state index in [0.29, 0.717) is 23.1 Å². The molecule has 0 saturated heterocycles. The Bertz CT molecular complexity index is 551. The number of pyridine rings is 2. The third kappa shape index (κ3) is 3.07. The van der Waals surface area contributed by atoms with Gasteiger partial charge in [-0.05, 0) is 23.8 Å². The molecule has 0 aliphatic rings. The lowest BCUT2D eigenvalue weighted by Crippen LogP contribution is -2.03. The summed E-state index contributed by atoms with van der Waals surface area (Å²) in [4.78, 5) is 7.90. The minimum absolute atomic E-state index is 0.0142. The SMILES string of the molecule is COc1ncc(CNc2cccc(Cl)n2)cc1F. The number of ether oxygens (including phenoxy) is 1. The van der Waals surface area contributed by atoms with E-state index in [1.807, 2.05) is 0 Å². The Morgan fingerprint density at radius 3 is 2.94 bits per heavy atom. The van der Waals surface area contributed by atoms with Gasteiger partial charge in [0.1, 0.15) is 11.0 Å². The van der Waals surface area contributed by atoms with Crippen LogP contribution in [-0.2, 0) is 6.54 Å². The monoisotopic (exact) mass is 267 g/mol. The van der Waals surface area contributed by atoms with Crippen molar-refractivity contribution in [3.63, 3.8) is 0 Å². The Morgan fingerprint density at radius 2 is 2.28 bits per heavy atom. The minimum Gasteiger partial charge on any atom is -0.479 e. The summed E-state index contributed by atoms with van der Waals surface area (Å²) in [6.45, 7) is 0.404. The first-order valence-corrected chi connectivity index (χ1v) is 5.61. The largest absolute Gasteiger partial charge is 0.479 e. The molecule has 1 N–H and O–H groups in total. The lowest BCUT2D eigenvalue weighted by molar-refractivity contribution is 0.368. The second kappa shape index (κ2) is 5.64. The Morgan fingerprint density at radius 1 is 1.44 bits per heavy atom. The van der Waals surface area contributed by atoms with Crippen molar-refractivity contribution in [2.45, 2.75) is 6.54 Å². The number of hydrogen-bond acceptors (Lipinski definition) is 4. The second-order valence-corrected chi connectivity index (χ2v) is 3.92. The molecule has 0 saturated carbocycles. The molecule has 2 heterocycles. The van der Waals surface area contributed by atoms with E-state index >= 15 is 0 Å². The van der Waals surface area contributed by atoms with Crippen molar-refractivity contribution in [2.75, 3.05) is 12.4 Å². The Kier molecular flexibility index (Phi) is 3.94. The van der Waals surface area contributed by atoms with Crippen molar-refractivity contribution in [3.05, 3.63) is 47.0 Å². The first kappa shape index (κ1) is 12.6. The summed E-state index contributed by atoms with van der Waals surface area (Å²) in [7, 11) is 1.37. The zero-order chi connectivity index (χ0) is 13.0. The van der Waals surface area contributed by atoms with Gasteiger partial charge in [-0.15, -0.1) is 0 Å². The predicted molar refractivity (Wildman–Crippen MR) is 67.3 cm³/mol. The van der Waals surface area contributed by atoms with Crippen LogP contribution in [0.3, 0.4) is 0 Å². The molecule has 18 heavy (non-hydrogen) atoms. The van der Waals surface area contributed by atoms with Crippen LogP contribution in [0.5, 0.6) is 5.88 Å². The molecule has 6 heteroatoms. The van der Waals surface area contributed by atoms with Crippen molar-refractivity contribution >= 4 is 17.4 Å². The fourth-order valence-corrected chi connectivity index (χ4v) is 1.57. The van der Waals surface area contributed by atoms with Gasteiger partial charge in [0.15, 0.2) is 5.82 Å². The van der Waals surface area contributed by atoms with Gasteiger partial charge in [-0.1, -0.05) is 17.7 Å². The van der Waals surface area contributed by atoms with Gasteiger partial charge in [-0.3, -0.25) is 0 Å². The number of rotatable bonds is 4. The highest BCUT2D eigenvalue weighted by Crippen LogP contribution is 2.15. The maximum Gasteiger partial charge on any atom is 0.250 e. The Hall–Kier alpha value is -1.88. The quantitative estimate of drug-likeness (QED) is 0.866. The molecule has 2 rings (SSSR count). The lowest BCUT2D eigenvalue weighted by Gasteiger charge is -2.07. The first-order valence-electron chi connectivity index (χ1n) is 5.24. The molecule has 0 atom stereocenters. The van der Waals surface area contributed by atoms with Crippen LogP contribution in [0.15, 0.2) is 30.5 Å². The molecule has 0 unspecified atom stereocenters. The number of anilines is 1. The van der Waals surface area contributed by atoms with E-state index in [2.05, 4.69) is 15.3 Å². The molecular formula is C12H11ClFN3O. The molecule has 0 aliphatic heterocycles. The van der Waals surface area contributed by atoms with Crippen LogP contribution in [0, 0.1) is 5.82 Å². The Labute approximate surface area is 109 Å². The molecule has 94 valence electrons. The third-order valence-electron chi connectivity index (χ3n) is 2.25. The molecular weight excluding hydrogens is 257 g/mol. The van der Waals surface area contributed by atoms with Crippen LogP contribution < -0.4 is 10.1 Å². The van der Waals surface area contributed by atoms with Crippen LogP contribution >= 0.6 is 11.6 Å². The van der Waals surface area contributed by atoms with Crippen LogP contribution in [-0.4, -0.2) is 17.1 Å². The summed E-state index contributed by atoms with van der Waals surface area (Å²) in [6.07, 6.45) is 1.54. The van der Waals surface area contributed by atoms with Gasteiger partial charge in [0.25, 0.3) is 0 Å². The number of nitrogens with zero attached hydrogens (tertiary/aromatic N) is 2. The van der Waals surface area contributed by atoms with Gasteiger partial charge < -0.3 is 10.1 Å². The van der Waals surface area contributed by atoms with Crippen molar-refractivity contribution in [3.8, 4) is 5.88 Å². The number of nitrogens with one attached hydrogen (secondary N) is 1. The van der Waals surface area contributed by atoms with Crippen LogP contribution in [0.2, 0.25) is 5.15 Å². The number of hydrogen-bond donors (Lipinski definition) is 1. The molecule has 0 bridgehead atoms. The zero-order valence-electron chi connectivity index (χ0n) is 9.65. The zero-order valence-corrected chi connectivity index (χ0v) is 10.4. The average molecular weight is 268 g/mol. The van der Waals surface area contributed by atoms with Crippen LogP contribution in [0.4, 0.5) is 10.2 Å². The van der Waals surface area contributed by atoms with Crippen LogP contribution in [0.1, 0.15) is 5.56 Å². The topological polar surface area (TPSA) is 47.0 Å². The van der Waals surface area contributed by atoms with E-state index in [4.69, 9.17) is 16.3 Å². The maximum absolute atomic E-state index is 13.4. The van der Waals surface area contributed by atoms with Gasteiger partial charge in [0.05, 0.1) is 7.11 Å². The fourth-order valence-electron chi connectivity index (χ4n) is 1.41. The molecule has 0 amide bonds. The molecule has 2 aromatic heterocycles. The van der Waals surface area contributed by atoms with Crippen molar-refractivity contribution in [1.29, 1.82) is 0 Å². The highest BCUT2D eigenvalue weighted by Gasteiger charge is 2.05. The molecule has 2 aromatic rings. The first-order chi connectivity index (χ1) is 8.69. The summed E-state index contributed by atoms with van der Waals surface area (Å²) < 4.78 is 18.1. The molecule has 4 nitrogen and oxygen atoms in total. The summed E-state index contributed by atoms with van der Waals surface area (Å²) in [5, 5.41) is 3.43. The molecule has 0 aromatic carbocycles. The lowest BCUT2D eigenvalue weighted by atomic mass is 10.3. The Balaban J connectivity index is 2.04. The fraction of sp³-hybridized carbons (Fsp3) is 0.167. The standard InChI is InChI=1S/C12H11ClFN3O/c1-18-12-9(14)5-8(7-16-12)6-15-11-4-2-3-10(13)17-11/h2-5,7H,6H2,1H3,(H,15,17). The number of aromatic nitrogens is 2. The average Bonchev–Trinajstić information content (AvgIpc) is 2.37. The van der Waals surface area contributed by atoms with Crippen molar-refractivity contribution < 1.29 is 9.13 Å². The van der Waals surface area contributed by atoms with Gasteiger partial charge in [0, 0.05) is 12.7 Å². The molecule has 0 radical (unpaired) electrons. The van der Waals surface area contributed by atoms with E-state index in [1.165, 1.54) is 13.2 Å². The van der Waals surface area contributed by atoms with Gasteiger partial charge in [-0.2, -0.15) is 0 Å². The highest BCUT2D eigenvalue weighted by molar-refractivity contribution is 6.29. The molecule has 0 fully saturated rings. The van der Waals surface area contributed by atoms with Crippen molar-refractivity contribution in [2.24, 2.45) is 0 Å². The molecule has 0 spiro atoms. The normalized spacial score (nSPS) is 10.2. The van der Waals surface area contributed by atoms with E-state index in [9.17, 15) is 4.39 Å². The summed E-state index contributed by atoms with van der Waals surface area (Å²) >= 11 is 5.75. The van der Waals surface area contributed by atoms with E-state index < -0.39 is 5.82 Å². The van der Waals surface area contributed by atoms with Gasteiger partial charge in [-0.25, -0.2) is 14.4 Å². The van der Waals surface area contributed by atoms with Crippen LogP contribution in [0.25, 0.3) is 0 Å². The highest BCUT2D eigenvalue weighted by atomic mass is 35.5. The maximum atomic E-state index is 13.4. The van der Waals surface area contributed by atoms with E-state index in [0.717, 1.165) is 0 Å². The van der Waals surface area contributed by atoms with E-state index in [-0.39, 0.29) is 5.88 Å². The predicted octanol–water partition coefficient (Wildman–Crippen LogP) is 2.89. The second-order valence-electron chi connectivity index (χ2n) is 3.53. The minimum atomic E-state index is -0.490. The van der Waals surface area contributed by atoms with Crippen molar-refractivity contribution in [1.82, 2.24) is 9.97 Å². The number of halogens is 2. The number of methoxy groups -OCH3 is 1. The smallest absolute Gasteiger partial charge is 0.250 e. The third-order valence-corrected chi connectivity index (χ3v) is 2.46. The van der Waals surface area contributed by atoms with Gasteiger partial charge in [0.2, 0.25) is 5.88 Å². The summed E-state index contributed by atoms with van der Waals surface area (Å²) in [5.74, 6) is 0.120. The summed E-state index contributed by atoms with van der Waals surface area (Å²) in [5.41, 5.74) is 0.690.